The van der Waals surface area contributed by atoms with Crippen molar-refractivity contribution in [3.8, 4) is 35.5 Å². The monoisotopic (exact) mass is 376 g/mol. The molecule has 28 heavy (non-hydrogen) atoms. The normalized spacial score (nSPS) is 9.86. The Hall–Kier alpha value is -3.48. The Bertz CT molecular complexity index is 931. The SMILES string of the molecule is [SiH3]OCC(C#Cc1ccccc1)(C#Cc1ccccc1)C#Cc1ccccc1. The Morgan fingerprint density at radius 3 is 1.18 bits per heavy atom. The third-order valence-corrected chi connectivity index (χ3v) is 4.23. The van der Waals surface area contributed by atoms with Crippen molar-refractivity contribution in [1.82, 2.24) is 0 Å². The van der Waals surface area contributed by atoms with E-state index in [1.54, 1.807) is 0 Å². The Labute approximate surface area is 170 Å². The van der Waals surface area contributed by atoms with Gasteiger partial charge in [0.2, 0.25) is 0 Å². The predicted molar refractivity (Wildman–Crippen MR) is 118 cm³/mol. The Balaban J connectivity index is 2.06. The lowest BCUT2D eigenvalue weighted by Gasteiger charge is -2.15. The van der Waals surface area contributed by atoms with Gasteiger partial charge in [0.1, 0.15) is 10.5 Å². The van der Waals surface area contributed by atoms with Crippen LogP contribution in [0.15, 0.2) is 91.0 Å². The first-order valence-corrected chi connectivity index (χ1v) is 9.85. The second-order valence-corrected chi connectivity index (χ2v) is 6.76. The summed E-state index contributed by atoms with van der Waals surface area (Å²) in [4.78, 5) is 0. The van der Waals surface area contributed by atoms with E-state index < -0.39 is 5.41 Å². The lowest BCUT2D eigenvalue weighted by atomic mass is 9.90. The molecule has 3 aromatic carbocycles. The van der Waals surface area contributed by atoms with Crippen LogP contribution in [0.2, 0.25) is 0 Å². The highest BCUT2D eigenvalue weighted by Gasteiger charge is 2.22. The van der Waals surface area contributed by atoms with Crippen molar-refractivity contribution in [2.75, 3.05) is 6.61 Å². The first kappa shape index (κ1) is 19.3. The maximum absolute atomic E-state index is 5.60. The van der Waals surface area contributed by atoms with Crippen molar-refractivity contribution < 1.29 is 4.43 Å². The number of hydrogen-bond acceptors (Lipinski definition) is 1. The summed E-state index contributed by atoms with van der Waals surface area (Å²) in [6.45, 7) is 0.360. The second-order valence-electron chi connectivity index (χ2n) is 6.19. The smallest absolute Gasteiger partial charge is 0.174 e. The Kier molecular flexibility index (Phi) is 6.89. The highest BCUT2D eigenvalue weighted by molar-refractivity contribution is 5.98. The van der Waals surface area contributed by atoms with Crippen molar-refractivity contribution >= 4 is 10.5 Å². The minimum absolute atomic E-state index is 0.360. The molecule has 134 valence electrons. The largest absolute Gasteiger partial charge is 0.424 e. The Morgan fingerprint density at radius 2 is 0.893 bits per heavy atom. The molecule has 0 N–H and O–H groups in total. The van der Waals surface area contributed by atoms with Crippen LogP contribution in [-0.4, -0.2) is 17.1 Å². The molecule has 0 saturated carbocycles. The van der Waals surface area contributed by atoms with E-state index in [9.17, 15) is 0 Å². The van der Waals surface area contributed by atoms with Gasteiger partial charge < -0.3 is 4.43 Å². The molecular weight excluding hydrogens is 356 g/mol. The van der Waals surface area contributed by atoms with E-state index in [1.807, 2.05) is 91.0 Å². The number of rotatable bonds is 2. The molecule has 0 amide bonds. The van der Waals surface area contributed by atoms with Gasteiger partial charge in [-0.05, 0) is 36.4 Å². The van der Waals surface area contributed by atoms with Crippen molar-refractivity contribution in [3.05, 3.63) is 108 Å². The maximum atomic E-state index is 5.60. The fraction of sp³-hybridized carbons (Fsp3) is 0.0769. The molecule has 0 saturated heterocycles. The Morgan fingerprint density at radius 1 is 0.571 bits per heavy atom. The third-order valence-electron chi connectivity index (χ3n) is 3.94. The van der Waals surface area contributed by atoms with Crippen LogP contribution in [-0.2, 0) is 4.43 Å². The molecule has 0 aromatic heterocycles. The molecule has 0 spiro atoms. The molecule has 0 unspecified atom stereocenters. The first-order chi connectivity index (χ1) is 13.8. The minimum atomic E-state index is -0.858. The summed E-state index contributed by atoms with van der Waals surface area (Å²) in [5, 5.41) is 0. The molecule has 0 bridgehead atoms. The van der Waals surface area contributed by atoms with Gasteiger partial charge in [0, 0.05) is 16.7 Å². The highest BCUT2D eigenvalue weighted by Crippen LogP contribution is 2.16. The van der Waals surface area contributed by atoms with Crippen LogP contribution in [0.4, 0.5) is 0 Å². The van der Waals surface area contributed by atoms with Crippen molar-refractivity contribution in [2.24, 2.45) is 5.41 Å². The summed E-state index contributed by atoms with van der Waals surface area (Å²) in [5.41, 5.74) is 1.94. The zero-order valence-electron chi connectivity index (χ0n) is 15.8. The molecule has 3 aromatic rings. The fourth-order valence-corrected chi connectivity index (χ4v) is 2.95. The summed E-state index contributed by atoms with van der Waals surface area (Å²) < 4.78 is 5.60. The maximum Gasteiger partial charge on any atom is 0.174 e. The van der Waals surface area contributed by atoms with Crippen LogP contribution in [0.3, 0.4) is 0 Å². The quantitative estimate of drug-likeness (QED) is 0.492. The van der Waals surface area contributed by atoms with Gasteiger partial charge in [-0.2, -0.15) is 0 Å². The van der Waals surface area contributed by atoms with Gasteiger partial charge in [0.05, 0.1) is 6.61 Å². The van der Waals surface area contributed by atoms with E-state index in [0.717, 1.165) is 16.7 Å². The van der Waals surface area contributed by atoms with Gasteiger partial charge in [0.15, 0.2) is 5.41 Å². The van der Waals surface area contributed by atoms with Crippen LogP contribution >= 0.6 is 0 Å². The highest BCUT2D eigenvalue weighted by atomic mass is 28.2. The van der Waals surface area contributed by atoms with E-state index in [2.05, 4.69) is 35.5 Å². The molecule has 0 aliphatic rings. The van der Waals surface area contributed by atoms with Gasteiger partial charge in [-0.15, -0.1) is 0 Å². The minimum Gasteiger partial charge on any atom is -0.424 e. The average molecular weight is 377 g/mol. The molecule has 0 radical (unpaired) electrons. The van der Waals surface area contributed by atoms with Gasteiger partial charge in [-0.1, -0.05) is 90.1 Å². The number of hydrogen-bond donors (Lipinski definition) is 0. The van der Waals surface area contributed by atoms with Crippen LogP contribution in [0.5, 0.6) is 0 Å². The molecule has 0 heterocycles. The molecule has 0 atom stereocenters. The van der Waals surface area contributed by atoms with Gasteiger partial charge >= 0.3 is 0 Å². The zero-order valence-corrected chi connectivity index (χ0v) is 17.8. The summed E-state index contributed by atoms with van der Waals surface area (Å²) in [6, 6.07) is 29.6. The molecule has 1 nitrogen and oxygen atoms in total. The van der Waals surface area contributed by atoms with Crippen molar-refractivity contribution in [1.29, 1.82) is 0 Å². The fourth-order valence-electron chi connectivity index (χ4n) is 2.52. The standard InChI is InChI=1S/C26H20OSi/c28-27-22-26(19-16-23-10-4-1-5-11-23,20-17-24-12-6-2-7-13-24)21-18-25-14-8-3-9-15-25/h1-15H,22H2,28H3. The predicted octanol–water partition coefficient (Wildman–Crippen LogP) is 3.42. The van der Waals surface area contributed by atoms with E-state index in [-0.39, 0.29) is 0 Å². The van der Waals surface area contributed by atoms with Crippen LogP contribution in [0.1, 0.15) is 16.7 Å². The lowest BCUT2D eigenvalue weighted by molar-refractivity contribution is 0.302. The third kappa shape index (κ3) is 5.77. The number of benzene rings is 3. The van der Waals surface area contributed by atoms with Gasteiger partial charge in [-0.25, -0.2) is 0 Å². The zero-order chi connectivity index (χ0) is 19.5. The summed E-state index contributed by atoms with van der Waals surface area (Å²) >= 11 is 0. The van der Waals surface area contributed by atoms with E-state index in [0.29, 0.717) is 17.1 Å². The lowest BCUT2D eigenvalue weighted by Crippen LogP contribution is -2.21. The summed E-state index contributed by atoms with van der Waals surface area (Å²) in [6.07, 6.45) is 0. The molecule has 3 rings (SSSR count). The topological polar surface area (TPSA) is 9.23 Å². The summed E-state index contributed by atoms with van der Waals surface area (Å²) in [5.74, 6) is 19.5. The molecule has 0 aliphatic carbocycles. The van der Waals surface area contributed by atoms with E-state index >= 15 is 0 Å². The van der Waals surface area contributed by atoms with Crippen LogP contribution in [0, 0.1) is 40.9 Å². The first-order valence-electron chi connectivity index (χ1n) is 9.03. The molecule has 2 heteroatoms. The average Bonchev–Trinajstić information content (AvgIpc) is 2.77. The molecule has 0 aliphatic heterocycles. The summed E-state index contributed by atoms with van der Waals surface area (Å²) in [7, 11) is 0.598. The van der Waals surface area contributed by atoms with Crippen LogP contribution in [0.25, 0.3) is 0 Å². The van der Waals surface area contributed by atoms with E-state index in [1.165, 1.54) is 0 Å². The van der Waals surface area contributed by atoms with Crippen molar-refractivity contribution in [3.63, 3.8) is 0 Å². The van der Waals surface area contributed by atoms with Crippen LogP contribution < -0.4 is 0 Å². The van der Waals surface area contributed by atoms with Crippen molar-refractivity contribution in [2.45, 2.75) is 0 Å². The second kappa shape index (κ2) is 10.0. The van der Waals surface area contributed by atoms with E-state index in [4.69, 9.17) is 4.43 Å². The molecule has 0 fully saturated rings. The van der Waals surface area contributed by atoms with Gasteiger partial charge in [-0.3, -0.25) is 0 Å². The van der Waals surface area contributed by atoms with Gasteiger partial charge in [0.25, 0.3) is 0 Å². The molecular formula is C26H20OSi.